The van der Waals surface area contributed by atoms with Crippen molar-refractivity contribution < 1.29 is 5.11 Å². The van der Waals surface area contributed by atoms with Crippen LogP contribution < -0.4 is 0 Å². The maximum absolute atomic E-state index is 10.4. The molecule has 0 amide bonds. The van der Waals surface area contributed by atoms with Crippen LogP contribution in [-0.4, -0.2) is 11.2 Å². The highest BCUT2D eigenvalue weighted by atomic mass is 79.9. The van der Waals surface area contributed by atoms with E-state index < -0.39 is 0 Å². The second kappa shape index (κ2) is 5.19. The molecule has 16 heavy (non-hydrogen) atoms. The van der Waals surface area contributed by atoms with Gasteiger partial charge in [-0.2, -0.15) is 0 Å². The smallest absolute Gasteiger partial charge is 0.0641 e. The van der Waals surface area contributed by atoms with Crippen LogP contribution in [0, 0.1) is 5.41 Å². The number of aliphatic hydroxyl groups is 1. The molecule has 0 spiro atoms. The lowest BCUT2D eigenvalue weighted by Gasteiger charge is -2.37. The van der Waals surface area contributed by atoms with Gasteiger partial charge < -0.3 is 5.11 Å². The molecule has 0 bridgehead atoms. The maximum Gasteiger partial charge on any atom is 0.0641 e. The van der Waals surface area contributed by atoms with Gasteiger partial charge in [0.05, 0.1) is 6.10 Å². The van der Waals surface area contributed by atoms with Gasteiger partial charge in [-0.3, -0.25) is 0 Å². The van der Waals surface area contributed by atoms with Crippen molar-refractivity contribution in [2.75, 3.05) is 0 Å². The van der Waals surface area contributed by atoms with Gasteiger partial charge in [0.25, 0.3) is 0 Å². The predicted octanol–water partition coefficient (Wildman–Crippen LogP) is 4.38. The zero-order valence-corrected chi connectivity index (χ0v) is 12.1. The van der Waals surface area contributed by atoms with E-state index in [1.54, 1.807) is 11.3 Å². The zero-order chi connectivity index (χ0) is 11.6. The van der Waals surface area contributed by atoms with E-state index in [0.717, 1.165) is 10.9 Å². The minimum absolute atomic E-state index is 0.148. The Labute approximate surface area is 110 Å². The van der Waals surface area contributed by atoms with Crippen molar-refractivity contribution in [3.8, 4) is 0 Å². The number of aliphatic hydroxyl groups excluding tert-OH is 1. The Balaban J connectivity index is 1.98. The minimum Gasteiger partial charge on any atom is -0.392 e. The van der Waals surface area contributed by atoms with E-state index in [1.807, 2.05) is 0 Å². The molecule has 1 aromatic rings. The molecule has 1 saturated carbocycles. The highest BCUT2D eigenvalue weighted by Crippen LogP contribution is 2.40. The molecule has 1 aliphatic rings. The average molecular weight is 303 g/mol. The summed E-state index contributed by atoms with van der Waals surface area (Å²) in [6.07, 6.45) is 6.89. The van der Waals surface area contributed by atoms with Crippen LogP contribution in [0.4, 0.5) is 0 Å². The van der Waals surface area contributed by atoms with Gasteiger partial charge in [-0.25, -0.2) is 0 Å². The number of hydrogen-bond acceptors (Lipinski definition) is 2. The summed E-state index contributed by atoms with van der Waals surface area (Å²) in [5.74, 6) is 0. The third-order valence-electron chi connectivity index (χ3n) is 3.82. The van der Waals surface area contributed by atoms with Crippen molar-refractivity contribution in [1.82, 2.24) is 0 Å². The molecule has 1 aliphatic carbocycles. The first-order valence-corrected chi connectivity index (χ1v) is 7.68. The quantitative estimate of drug-likeness (QED) is 0.878. The van der Waals surface area contributed by atoms with Crippen molar-refractivity contribution in [2.45, 2.75) is 51.6 Å². The molecule has 1 nitrogen and oxygen atoms in total. The molecular formula is C13H19BrOS. The first-order valence-electron chi connectivity index (χ1n) is 6.01. The first kappa shape index (κ1) is 12.6. The Morgan fingerprint density at radius 2 is 2.12 bits per heavy atom. The molecule has 90 valence electrons. The van der Waals surface area contributed by atoms with Crippen LogP contribution in [0.3, 0.4) is 0 Å². The molecule has 0 aliphatic heterocycles. The Hall–Kier alpha value is 0.140. The van der Waals surface area contributed by atoms with Gasteiger partial charge in [0.15, 0.2) is 0 Å². The molecule has 1 aromatic heterocycles. The summed E-state index contributed by atoms with van der Waals surface area (Å²) in [7, 11) is 0. The summed E-state index contributed by atoms with van der Waals surface area (Å²) in [4.78, 5) is 1.28. The van der Waals surface area contributed by atoms with E-state index >= 15 is 0 Å². The highest BCUT2D eigenvalue weighted by molar-refractivity contribution is 9.10. The molecule has 0 aromatic carbocycles. The summed E-state index contributed by atoms with van der Waals surface area (Å²) in [5.41, 5.74) is 0.148. The Bertz CT molecular complexity index is 341. The SMILES string of the molecule is CC1(C(O)Cc2cc(Br)cs2)CCCCC1. The Kier molecular flexibility index (Phi) is 4.09. The van der Waals surface area contributed by atoms with Gasteiger partial charge in [-0.1, -0.05) is 26.2 Å². The summed E-state index contributed by atoms with van der Waals surface area (Å²) in [5, 5.41) is 12.5. The second-order valence-corrected chi connectivity index (χ2v) is 7.08. The van der Waals surface area contributed by atoms with E-state index in [1.165, 1.54) is 37.0 Å². The number of rotatable bonds is 3. The zero-order valence-electron chi connectivity index (χ0n) is 9.71. The second-order valence-electron chi connectivity index (χ2n) is 5.17. The lowest BCUT2D eigenvalue weighted by molar-refractivity contribution is 0.0109. The molecule has 0 radical (unpaired) electrons. The van der Waals surface area contributed by atoms with E-state index in [2.05, 4.69) is 34.3 Å². The van der Waals surface area contributed by atoms with E-state index in [0.29, 0.717) is 0 Å². The van der Waals surface area contributed by atoms with E-state index in [9.17, 15) is 5.11 Å². The molecule has 1 fully saturated rings. The normalized spacial score (nSPS) is 21.9. The van der Waals surface area contributed by atoms with Crippen LogP contribution in [0.15, 0.2) is 15.9 Å². The number of halogens is 1. The Morgan fingerprint density at radius 1 is 1.44 bits per heavy atom. The molecule has 1 unspecified atom stereocenters. The minimum atomic E-state index is -0.182. The monoisotopic (exact) mass is 302 g/mol. The maximum atomic E-state index is 10.4. The van der Waals surface area contributed by atoms with Gasteiger partial charge in [-0.15, -0.1) is 11.3 Å². The molecule has 0 saturated heterocycles. The van der Waals surface area contributed by atoms with E-state index in [4.69, 9.17) is 0 Å². The van der Waals surface area contributed by atoms with Crippen molar-refractivity contribution in [3.05, 3.63) is 20.8 Å². The van der Waals surface area contributed by atoms with Crippen LogP contribution in [0.5, 0.6) is 0 Å². The van der Waals surface area contributed by atoms with Crippen LogP contribution in [0.1, 0.15) is 43.9 Å². The summed E-state index contributed by atoms with van der Waals surface area (Å²) >= 11 is 5.19. The molecule has 1 heterocycles. The Morgan fingerprint density at radius 3 is 2.69 bits per heavy atom. The van der Waals surface area contributed by atoms with Gasteiger partial charge in [0.1, 0.15) is 0 Å². The molecule has 1 N–H and O–H groups in total. The fourth-order valence-corrected chi connectivity index (χ4v) is 4.08. The van der Waals surface area contributed by atoms with Crippen molar-refractivity contribution >= 4 is 27.3 Å². The topological polar surface area (TPSA) is 20.2 Å². The third kappa shape index (κ3) is 2.88. The fraction of sp³-hybridized carbons (Fsp3) is 0.692. The third-order valence-corrected chi connectivity index (χ3v) is 5.54. The number of hydrogen-bond donors (Lipinski definition) is 1. The summed E-state index contributed by atoms with van der Waals surface area (Å²) in [6, 6.07) is 2.13. The average Bonchev–Trinajstić information content (AvgIpc) is 2.65. The number of thiophene rings is 1. The van der Waals surface area contributed by atoms with Crippen LogP contribution in [0.2, 0.25) is 0 Å². The van der Waals surface area contributed by atoms with Crippen LogP contribution in [0.25, 0.3) is 0 Å². The lowest BCUT2D eigenvalue weighted by Crippen LogP contribution is -2.35. The van der Waals surface area contributed by atoms with Crippen molar-refractivity contribution in [2.24, 2.45) is 5.41 Å². The fourth-order valence-electron chi connectivity index (χ4n) is 2.59. The lowest BCUT2D eigenvalue weighted by atomic mass is 9.71. The largest absolute Gasteiger partial charge is 0.392 e. The summed E-state index contributed by atoms with van der Waals surface area (Å²) < 4.78 is 1.13. The predicted molar refractivity (Wildman–Crippen MR) is 72.9 cm³/mol. The standard InChI is InChI=1S/C13H19BrOS/c1-13(5-3-2-4-6-13)12(15)8-11-7-10(14)9-16-11/h7,9,12,15H,2-6,8H2,1H3. The van der Waals surface area contributed by atoms with Gasteiger partial charge >= 0.3 is 0 Å². The highest BCUT2D eigenvalue weighted by Gasteiger charge is 2.34. The van der Waals surface area contributed by atoms with E-state index in [-0.39, 0.29) is 11.5 Å². The van der Waals surface area contributed by atoms with Gasteiger partial charge in [0.2, 0.25) is 0 Å². The van der Waals surface area contributed by atoms with Gasteiger partial charge in [-0.05, 0) is 40.3 Å². The van der Waals surface area contributed by atoms with Crippen LogP contribution in [-0.2, 0) is 6.42 Å². The van der Waals surface area contributed by atoms with Crippen molar-refractivity contribution in [1.29, 1.82) is 0 Å². The summed E-state index contributed by atoms with van der Waals surface area (Å²) in [6.45, 7) is 2.25. The van der Waals surface area contributed by atoms with Crippen molar-refractivity contribution in [3.63, 3.8) is 0 Å². The molecular weight excluding hydrogens is 284 g/mol. The molecule has 1 atom stereocenters. The van der Waals surface area contributed by atoms with Crippen LogP contribution >= 0.6 is 27.3 Å². The first-order chi connectivity index (χ1) is 7.60. The molecule has 3 heteroatoms. The van der Waals surface area contributed by atoms with Gasteiger partial charge in [0, 0.05) is 21.2 Å². The molecule has 2 rings (SSSR count).